The summed E-state index contributed by atoms with van der Waals surface area (Å²) in [5.41, 5.74) is 0.461. The van der Waals surface area contributed by atoms with Gasteiger partial charge in [-0.3, -0.25) is 4.79 Å². The first-order valence-electron chi connectivity index (χ1n) is 7.68. The van der Waals surface area contributed by atoms with E-state index in [9.17, 15) is 9.59 Å². The average molecular weight is 305 g/mol. The molecule has 0 aliphatic carbocycles. The number of likely N-dealkylation sites (tertiary alicyclic amines) is 1. The molecule has 1 heterocycles. The lowest BCUT2D eigenvalue weighted by molar-refractivity contribution is 0.0697. The van der Waals surface area contributed by atoms with Crippen LogP contribution in [0.1, 0.15) is 46.9 Å². The Labute approximate surface area is 130 Å². The maximum atomic E-state index is 12.4. The molecule has 1 aliphatic rings. The molecule has 5 heteroatoms. The molecule has 1 atom stereocenters. The zero-order valence-electron chi connectivity index (χ0n) is 13.2. The zero-order valence-corrected chi connectivity index (χ0v) is 13.2. The fourth-order valence-corrected chi connectivity index (χ4v) is 2.94. The van der Waals surface area contributed by atoms with Crippen molar-refractivity contribution >= 4 is 11.8 Å². The van der Waals surface area contributed by atoms with Crippen LogP contribution in [0.15, 0.2) is 18.2 Å². The predicted octanol–water partition coefficient (Wildman–Crippen LogP) is 2.70. The van der Waals surface area contributed by atoms with Gasteiger partial charge in [-0.2, -0.15) is 0 Å². The summed E-state index contributed by atoms with van der Waals surface area (Å²) in [6.45, 7) is 5.00. The van der Waals surface area contributed by atoms with Crippen LogP contribution in [0.4, 0.5) is 0 Å². The van der Waals surface area contributed by atoms with Gasteiger partial charge in [0.15, 0.2) is 5.78 Å². The van der Waals surface area contributed by atoms with Gasteiger partial charge in [0.2, 0.25) is 0 Å². The van der Waals surface area contributed by atoms with Crippen molar-refractivity contribution in [1.29, 1.82) is 0 Å². The molecule has 120 valence electrons. The molecular weight excluding hydrogens is 282 g/mol. The quantitative estimate of drug-likeness (QED) is 0.819. The van der Waals surface area contributed by atoms with Crippen LogP contribution in [0, 0.1) is 5.92 Å². The van der Waals surface area contributed by atoms with Gasteiger partial charge in [-0.05, 0) is 43.5 Å². The van der Waals surface area contributed by atoms with E-state index in [4.69, 9.17) is 9.84 Å². The number of hydrogen-bond acceptors (Lipinski definition) is 4. The fourth-order valence-electron chi connectivity index (χ4n) is 2.94. The summed E-state index contributed by atoms with van der Waals surface area (Å²) in [5, 5.41) is 9.06. The molecule has 1 saturated heterocycles. The van der Waals surface area contributed by atoms with Crippen molar-refractivity contribution in [3.63, 3.8) is 0 Å². The van der Waals surface area contributed by atoms with Crippen molar-refractivity contribution in [3.8, 4) is 5.75 Å². The van der Waals surface area contributed by atoms with Crippen LogP contribution in [0.5, 0.6) is 5.75 Å². The van der Waals surface area contributed by atoms with Crippen molar-refractivity contribution in [2.45, 2.75) is 26.2 Å². The van der Waals surface area contributed by atoms with E-state index in [1.807, 2.05) is 0 Å². The van der Waals surface area contributed by atoms with Crippen molar-refractivity contribution in [2.75, 3.05) is 26.7 Å². The van der Waals surface area contributed by atoms with E-state index in [-0.39, 0.29) is 11.3 Å². The van der Waals surface area contributed by atoms with E-state index in [1.54, 1.807) is 6.07 Å². The lowest BCUT2D eigenvalue weighted by Gasteiger charge is -2.30. The molecule has 1 aromatic rings. The minimum Gasteiger partial charge on any atom is -0.496 e. The van der Waals surface area contributed by atoms with Gasteiger partial charge < -0.3 is 14.7 Å². The first kappa shape index (κ1) is 16.5. The second-order valence-electron chi connectivity index (χ2n) is 5.94. The van der Waals surface area contributed by atoms with Gasteiger partial charge in [0.1, 0.15) is 5.75 Å². The highest BCUT2D eigenvalue weighted by Crippen LogP contribution is 2.22. The minimum atomic E-state index is -1.04. The maximum absolute atomic E-state index is 12.4. The molecule has 0 bridgehead atoms. The summed E-state index contributed by atoms with van der Waals surface area (Å²) in [7, 11) is 1.48. The lowest BCUT2D eigenvalue weighted by atomic mass is 9.99. The van der Waals surface area contributed by atoms with E-state index in [1.165, 1.54) is 32.1 Å². The van der Waals surface area contributed by atoms with E-state index in [0.29, 0.717) is 30.2 Å². The van der Waals surface area contributed by atoms with E-state index < -0.39 is 5.97 Å². The number of carbonyl (C=O) groups is 2. The number of carboxylic acids is 1. The highest BCUT2D eigenvalue weighted by molar-refractivity contribution is 6.01. The molecule has 1 aromatic carbocycles. The predicted molar refractivity (Wildman–Crippen MR) is 83.7 cm³/mol. The third-order valence-corrected chi connectivity index (χ3v) is 4.14. The molecule has 22 heavy (non-hydrogen) atoms. The summed E-state index contributed by atoms with van der Waals surface area (Å²) >= 11 is 0. The summed E-state index contributed by atoms with van der Waals surface area (Å²) < 4.78 is 5.18. The molecule has 0 spiro atoms. The molecule has 1 fully saturated rings. The number of ether oxygens (including phenoxy) is 1. The number of methoxy groups -OCH3 is 1. The number of piperidine rings is 1. The Hall–Kier alpha value is -1.88. The first-order valence-corrected chi connectivity index (χ1v) is 7.68. The van der Waals surface area contributed by atoms with Crippen LogP contribution in [0.2, 0.25) is 0 Å². The summed E-state index contributed by atoms with van der Waals surface area (Å²) in [6, 6.07) is 4.40. The molecule has 1 N–H and O–H groups in total. The molecule has 1 unspecified atom stereocenters. The fraction of sp³-hybridized carbons (Fsp3) is 0.529. The molecule has 1 aliphatic heterocycles. The summed E-state index contributed by atoms with van der Waals surface area (Å²) in [6.07, 6.45) is 2.80. The second-order valence-corrected chi connectivity index (χ2v) is 5.94. The zero-order chi connectivity index (χ0) is 16.1. The summed E-state index contributed by atoms with van der Waals surface area (Å²) in [4.78, 5) is 25.8. The van der Waals surface area contributed by atoms with Gasteiger partial charge >= 0.3 is 5.97 Å². The van der Waals surface area contributed by atoms with Crippen molar-refractivity contribution < 1.29 is 19.4 Å². The third kappa shape index (κ3) is 4.07. The number of carboxylic acid groups (broad SMARTS) is 1. The van der Waals surface area contributed by atoms with Gasteiger partial charge in [0.05, 0.1) is 18.2 Å². The van der Waals surface area contributed by atoms with Crippen LogP contribution in [-0.4, -0.2) is 48.5 Å². The largest absolute Gasteiger partial charge is 0.496 e. The van der Waals surface area contributed by atoms with Crippen molar-refractivity contribution in [3.05, 3.63) is 29.3 Å². The Balaban J connectivity index is 2.04. The van der Waals surface area contributed by atoms with Gasteiger partial charge in [-0.1, -0.05) is 6.92 Å². The lowest BCUT2D eigenvalue weighted by Crippen LogP contribution is -2.35. The molecule has 0 aromatic heterocycles. The maximum Gasteiger partial charge on any atom is 0.335 e. The van der Waals surface area contributed by atoms with Crippen LogP contribution < -0.4 is 4.74 Å². The normalized spacial score (nSPS) is 18.9. The SMILES string of the molecule is COc1ccc(C(=O)O)cc1C(=O)CCN1CCCC(C)C1. The average Bonchev–Trinajstić information content (AvgIpc) is 2.52. The Kier molecular flexibility index (Phi) is 5.55. The highest BCUT2D eigenvalue weighted by atomic mass is 16.5. The van der Waals surface area contributed by atoms with Gasteiger partial charge in [0, 0.05) is 19.5 Å². The number of carbonyl (C=O) groups excluding carboxylic acids is 1. The molecule has 0 amide bonds. The second kappa shape index (κ2) is 7.40. The number of Topliss-reactive ketones (excluding diaryl/α,β-unsaturated/α-hetero) is 1. The number of hydrogen-bond donors (Lipinski definition) is 1. The van der Waals surface area contributed by atoms with Crippen LogP contribution in [0.3, 0.4) is 0 Å². The van der Waals surface area contributed by atoms with Crippen LogP contribution in [0.25, 0.3) is 0 Å². The number of rotatable bonds is 6. The standard InChI is InChI=1S/C17H23NO4/c1-12-4-3-8-18(11-12)9-7-15(19)14-10-13(17(20)21)5-6-16(14)22-2/h5-6,10,12H,3-4,7-9,11H2,1-2H3,(H,20,21). The molecule has 0 radical (unpaired) electrons. The Bertz CT molecular complexity index is 556. The van der Waals surface area contributed by atoms with E-state index >= 15 is 0 Å². The third-order valence-electron chi connectivity index (χ3n) is 4.14. The molecule has 5 nitrogen and oxygen atoms in total. The van der Waals surface area contributed by atoms with Gasteiger partial charge in [-0.15, -0.1) is 0 Å². The number of benzene rings is 1. The van der Waals surface area contributed by atoms with Crippen LogP contribution >= 0.6 is 0 Å². The number of aromatic carboxylic acids is 1. The highest BCUT2D eigenvalue weighted by Gasteiger charge is 2.19. The monoisotopic (exact) mass is 305 g/mol. The van der Waals surface area contributed by atoms with Crippen molar-refractivity contribution in [2.24, 2.45) is 5.92 Å². The van der Waals surface area contributed by atoms with E-state index in [2.05, 4.69) is 11.8 Å². The van der Waals surface area contributed by atoms with Crippen molar-refractivity contribution in [1.82, 2.24) is 4.90 Å². The molecule has 2 rings (SSSR count). The molecular formula is C17H23NO4. The Morgan fingerprint density at radius 3 is 2.82 bits per heavy atom. The molecule has 0 saturated carbocycles. The topological polar surface area (TPSA) is 66.8 Å². The Morgan fingerprint density at radius 2 is 2.18 bits per heavy atom. The minimum absolute atomic E-state index is 0.0711. The Morgan fingerprint density at radius 1 is 1.41 bits per heavy atom. The first-order chi connectivity index (χ1) is 10.5. The van der Waals surface area contributed by atoms with Crippen LogP contribution in [-0.2, 0) is 0 Å². The summed E-state index contributed by atoms with van der Waals surface area (Å²) in [5.74, 6) is -0.00419. The number of nitrogens with zero attached hydrogens (tertiary/aromatic N) is 1. The van der Waals surface area contributed by atoms with E-state index in [0.717, 1.165) is 13.1 Å². The van der Waals surface area contributed by atoms with Gasteiger partial charge in [0.25, 0.3) is 0 Å². The van der Waals surface area contributed by atoms with Gasteiger partial charge in [-0.25, -0.2) is 4.79 Å². The smallest absolute Gasteiger partial charge is 0.335 e. The number of ketones is 1.